The van der Waals surface area contributed by atoms with Gasteiger partial charge in [0, 0.05) is 6.54 Å². The first-order valence-corrected chi connectivity index (χ1v) is 6.06. The minimum atomic E-state index is 0.434. The highest BCUT2D eigenvalue weighted by atomic mass is 32.1. The Morgan fingerprint density at radius 2 is 2.06 bits per heavy atom. The molecule has 5 heteroatoms. The zero-order valence-electron chi connectivity index (χ0n) is 9.86. The van der Waals surface area contributed by atoms with Gasteiger partial charge in [0.15, 0.2) is 16.6 Å². The van der Waals surface area contributed by atoms with E-state index in [1.807, 2.05) is 0 Å². The van der Waals surface area contributed by atoms with Crippen LogP contribution in [0, 0.1) is 6.92 Å². The van der Waals surface area contributed by atoms with Crippen molar-refractivity contribution in [2.45, 2.75) is 13.5 Å². The quantitative estimate of drug-likeness (QED) is 0.874. The van der Waals surface area contributed by atoms with Crippen molar-refractivity contribution >= 4 is 22.4 Å². The second-order valence-electron chi connectivity index (χ2n) is 3.77. The lowest BCUT2D eigenvalue weighted by atomic mass is 10.1. The maximum absolute atomic E-state index is 5.68. The number of methoxy groups -OCH3 is 1. The van der Waals surface area contributed by atoms with Crippen LogP contribution in [0.15, 0.2) is 24.3 Å². The van der Waals surface area contributed by atoms with Gasteiger partial charge in [-0.25, -0.2) is 0 Å². The summed E-state index contributed by atoms with van der Waals surface area (Å²) in [6.45, 7) is 2.81. The summed E-state index contributed by atoms with van der Waals surface area (Å²) in [5, 5.41) is 4.14. The van der Waals surface area contributed by atoms with E-state index in [0.29, 0.717) is 11.6 Å². The number of hydrogen-bond donors (Lipinski definition) is 2. The van der Waals surface area contributed by atoms with E-state index in [2.05, 4.69) is 40.9 Å². The summed E-state index contributed by atoms with van der Waals surface area (Å²) in [4.78, 5) is 0. The monoisotopic (exact) mass is 249 g/mol. The average Bonchev–Trinajstić information content (AvgIpc) is 2.69. The molecule has 4 nitrogen and oxygen atoms in total. The molecule has 0 saturated heterocycles. The van der Waals surface area contributed by atoms with Gasteiger partial charge >= 0.3 is 0 Å². The molecule has 0 bridgehead atoms. The SMILES string of the molecule is COc1c(N)nsc1NCc1ccc(C)cc1. The molecule has 17 heavy (non-hydrogen) atoms. The summed E-state index contributed by atoms with van der Waals surface area (Å²) < 4.78 is 9.23. The van der Waals surface area contributed by atoms with E-state index in [1.54, 1.807) is 7.11 Å². The Morgan fingerprint density at radius 3 is 2.71 bits per heavy atom. The van der Waals surface area contributed by atoms with Crippen molar-refractivity contribution < 1.29 is 4.74 Å². The van der Waals surface area contributed by atoms with Crippen LogP contribution in [-0.2, 0) is 6.54 Å². The minimum Gasteiger partial charge on any atom is -0.490 e. The Balaban J connectivity index is 2.04. The molecule has 1 aromatic carbocycles. The maximum atomic E-state index is 5.68. The third-order valence-corrected chi connectivity index (χ3v) is 3.25. The topological polar surface area (TPSA) is 60.2 Å². The number of anilines is 2. The van der Waals surface area contributed by atoms with Crippen LogP contribution in [0.5, 0.6) is 5.75 Å². The predicted octanol–water partition coefficient (Wildman–Crippen LogP) is 2.65. The zero-order chi connectivity index (χ0) is 12.3. The smallest absolute Gasteiger partial charge is 0.197 e. The summed E-state index contributed by atoms with van der Waals surface area (Å²) in [6, 6.07) is 8.38. The van der Waals surface area contributed by atoms with Crippen LogP contribution >= 0.6 is 11.5 Å². The molecule has 0 saturated carbocycles. The number of benzene rings is 1. The van der Waals surface area contributed by atoms with E-state index in [0.717, 1.165) is 11.5 Å². The van der Waals surface area contributed by atoms with Crippen LogP contribution in [-0.4, -0.2) is 11.5 Å². The number of aromatic nitrogens is 1. The molecule has 0 fully saturated rings. The fourth-order valence-electron chi connectivity index (χ4n) is 1.49. The fraction of sp³-hybridized carbons (Fsp3) is 0.250. The van der Waals surface area contributed by atoms with Gasteiger partial charge in [-0.3, -0.25) is 0 Å². The molecular weight excluding hydrogens is 234 g/mol. The molecule has 0 amide bonds. The van der Waals surface area contributed by atoms with Gasteiger partial charge in [0.2, 0.25) is 0 Å². The second-order valence-corrected chi connectivity index (χ2v) is 4.54. The number of nitrogens with one attached hydrogen (secondary N) is 1. The number of nitrogen functional groups attached to an aromatic ring is 1. The maximum Gasteiger partial charge on any atom is 0.197 e. The van der Waals surface area contributed by atoms with Gasteiger partial charge in [0.25, 0.3) is 0 Å². The largest absolute Gasteiger partial charge is 0.490 e. The predicted molar refractivity (Wildman–Crippen MR) is 71.6 cm³/mol. The summed E-state index contributed by atoms with van der Waals surface area (Å²) >= 11 is 1.31. The van der Waals surface area contributed by atoms with Gasteiger partial charge in [-0.1, -0.05) is 29.8 Å². The Morgan fingerprint density at radius 1 is 1.35 bits per heavy atom. The van der Waals surface area contributed by atoms with Crippen molar-refractivity contribution in [3.8, 4) is 5.75 Å². The van der Waals surface area contributed by atoms with E-state index < -0.39 is 0 Å². The van der Waals surface area contributed by atoms with Gasteiger partial charge in [0.05, 0.1) is 7.11 Å². The van der Waals surface area contributed by atoms with Crippen LogP contribution in [0.3, 0.4) is 0 Å². The number of ether oxygens (including phenoxy) is 1. The molecule has 0 aliphatic rings. The first-order valence-electron chi connectivity index (χ1n) is 5.29. The van der Waals surface area contributed by atoms with Crippen LogP contribution < -0.4 is 15.8 Å². The first-order chi connectivity index (χ1) is 8.20. The number of hydrogen-bond acceptors (Lipinski definition) is 5. The van der Waals surface area contributed by atoms with E-state index in [1.165, 1.54) is 22.7 Å². The average molecular weight is 249 g/mol. The van der Waals surface area contributed by atoms with Crippen molar-refractivity contribution in [2.75, 3.05) is 18.2 Å². The molecule has 0 atom stereocenters. The van der Waals surface area contributed by atoms with Crippen molar-refractivity contribution in [2.24, 2.45) is 0 Å². The number of nitrogens with two attached hydrogens (primary N) is 1. The molecule has 1 heterocycles. The molecule has 0 unspecified atom stereocenters. The van der Waals surface area contributed by atoms with E-state index >= 15 is 0 Å². The summed E-state index contributed by atoms with van der Waals surface area (Å²) in [7, 11) is 1.59. The molecule has 0 spiro atoms. The van der Waals surface area contributed by atoms with E-state index in [9.17, 15) is 0 Å². The molecule has 90 valence electrons. The van der Waals surface area contributed by atoms with E-state index in [-0.39, 0.29) is 0 Å². The summed E-state index contributed by atoms with van der Waals surface area (Å²) in [6.07, 6.45) is 0. The van der Waals surface area contributed by atoms with Gasteiger partial charge in [0.1, 0.15) is 0 Å². The molecular formula is C12H15N3OS. The van der Waals surface area contributed by atoms with E-state index in [4.69, 9.17) is 10.5 Å². The highest BCUT2D eigenvalue weighted by Crippen LogP contribution is 2.34. The molecule has 2 aromatic rings. The molecule has 1 aromatic heterocycles. The Bertz CT molecular complexity index is 493. The Labute approximate surface area is 105 Å². The third-order valence-electron chi connectivity index (χ3n) is 2.45. The summed E-state index contributed by atoms with van der Waals surface area (Å²) in [5.41, 5.74) is 8.15. The molecule has 0 aliphatic heterocycles. The Hall–Kier alpha value is -1.75. The molecule has 3 N–H and O–H groups in total. The third kappa shape index (κ3) is 2.68. The normalized spacial score (nSPS) is 10.2. The van der Waals surface area contributed by atoms with Crippen LogP contribution in [0.1, 0.15) is 11.1 Å². The van der Waals surface area contributed by atoms with Gasteiger partial charge in [-0.05, 0) is 24.0 Å². The fourth-order valence-corrected chi connectivity index (χ4v) is 2.17. The van der Waals surface area contributed by atoms with Crippen molar-refractivity contribution in [3.63, 3.8) is 0 Å². The molecule has 2 rings (SSSR count). The van der Waals surface area contributed by atoms with Crippen molar-refractivity contribution in [3.05, 3.63) is 35.4 Å². The van der Waals surface area contributed by atoms with Crippen LogP contribution in [0.4, 0.5) is 10.8 Å². The van der Waals surface area contributed by atoms with Crippen LogP contribution in [0.2, 0.25) is 0 Å². The first kappa shape index (κ1) is 11.7. The van der Waals surface area contributed by atoms with Gasteiger partial charge in [-0.2, -0.15) is 4.37 Å². The van der Waals surface area contributed by atoms with Gasteiger partial charge < -0.3 is 15.8 Å². The van der Waals surface area contributed by atoms with Gasteiger partial charge in [-0.15, -0.1) is 0 Å². The lowest BCUT2D eigenvalue weighted by Crippen LogP contribution is -1.99. The number of aryl methyl sites for hydroxylation is 1. The zero-order valence-corrected chi connectivity index (χ0v) is 10.7. The molecule has 0 radical (unpaired) electrons. The van der Waals surface area contributed by atoms with Crippen LogP contribution in [0.25, 0.3) is 0 Å². The van der Waals surface area contributed by atoms with Crippen molar-refractivity contribution in [1.82, 2.24) is 4.37 Å². The highest BCUT2D eigenvalue weighted by Gasteiger charge is 2.10. The number of rotatable bonds is 4. The Kier molecular flexibility index (Phi) is 3.49. The second kappa shape index (κ2) is 5.05. The highest BCUT2D eigenvalue weighted by molar-refractivity contribution is 7.11. The standard InChI is InChI=1S/C12H15N3OS/c1-8-3-5-9(6-4-8)7-14-12-10(16-2)11(13)15-17-12/h3-6,14H,7H2,1-2H3,(H2,13,15). The summed E-state index contributed by atoms with van der Waals surface area (Å²) in [5.74, 6) is 1.06. The lowest BCUT2D eigenvalue weighted by Gasteiger charge is -2.06. The number of nitrogens with zero attached hydrogens (tertiary/aromatic N) is 1. The minimum absolute atomic E-state index is 0.434. The molecule has 0 aliphatic carbocycles. The van der Waals surface area contributed by atoms with Crippen molar-refractivity contribution in [1.29, 1.82) is 0 Å². The lowest BCUT2D eigenvalue weighted by molar-refractivity contribution is 0.419.